The van der Waals surface area contributed by atoms with Crippen LogP contribution < -0.4 is 5.32 Å². The molecule has 0 spiro atoms. The van der Waals surface area contributed by atoms with Crippen LogP contribution in [0.25, 0.3) is 11.4 Å². The standard InChI is InChI=1S/C24H27ClN4O2S/c1-17-8-10-19(11-9-17)32-14-12-26-24(30)18-5-4-13-29(15-18)16-22-27-23(28-31-22)20-6-2-3-7-21(20)25/h2-3,6-11,18H,4-5,12-16H2,1H3,(H,26,30). The zero-order valence-corrected chi connectivity index (χ0v) is 19.7. The van der Waals surface area contributed by atoms with Crippen LogP contribution in [0.1, 0.15) is 24.3 Å². The minimum absolute atomic E-state index is 0.0147. The molecule has 1 unspecified atom stereocenters. The second-order valence-corrected chi connectivity index (χ2v) is 9.59. The lowest BCUT2D eigenvalue weighted by molar-refractivity contribution is -0.126. The highest BCUT2D eigenvalue weighted by Gasteiger charge is 2.26. The predicted molar refractivity (Wildman–Crippen MR) is 128 cm³/mol. The van der Waals surface area contributed by atoms with E-state index in [0.717, 1.165) is 30.7 Å². The van der Waals surface area contributed by atoms with Crippen molar-refractivity contribution in [3.05, 3.63) is 65.0 Å². The van der Waals surface area contributed by atoms with E-state index >= 15 is 0 Å². The van der Waals surface area contributed by atoms with Gasteiger partial charge in [0, 0.05) is 29.3 Å². The van der Waals surface area contributed by atoms with Gasteiger partial charge in [0.2, 0.25) is 17.6 Å². The Balaban J connectivity index is 1.24. The number of hydrogen-bond donors (Lipinski definition) is 1. The number of carbonyl (C=O) groups excluding carboxylic acids is 1. The number of aryl methyl sites for hydroxylation is 1. The van der Waals surface area contributed by atoms with Gasteiger partial charge in [0.1, 0.15) is 0 Å². The number of benzene rings is 2. The van der Waals surface area contributed by atoms with Crippen LogP contribution in [0.4, 0.5) is 0 Å². The van der Waals surface area contributed by atoms with Crippen molar-refractivity contribution in [2.45, 2.75) is 31.2 Å². The fraction of sp³-hybridized carbons (Fsp3) is 0.375. The number of amides is 1. The second-order valence-electron chi connectivity index (χ2n) is 8.02. The Kier molecular flexibility index (Phi) is 7.84. The first-order valence-electron chi connectivity index (χ1n) is 10.9. The summed E-state index contributed by atoms with van der Waals surface area (Å²) in [5, 5.41) is 7.76. The lowest BCUT2D eigenvalue weighted by Crippen LogP contribution is -2.43. The molecule has 1 aliphatic rings. The van der Waals surface area contributed by atoms with Crippen LogP contribution in [0.3, 0.4) is 0 Å². The maximum Gasteiger partial charge on any atom is 0.241 e. The lowest BCUT2D eigenvalue weighted by Gasteiger charge is -2.30. The molecule has 6 nitrogen and oxygen atoms in total. The highest BCUT2D eigenvalue weighted by Crippen LogP contribution is 2.26. The molecule has 0 saturated carbocycles. The smallest absolute Gasteiger partial charge is 0.241 e. The van der Waals surface area contributed by atoms with Crippen LogP contribution in [-0.4, -0.2) is 46.3 Å². The Bertz CT molecular complexity index is 1040. The Hall–Kier alpha value is -2.35. The monoisotopic (exact) mass is 470 g/mol. The molecule has 1 amide bonds. The highest BCUT2D eigenvalue weighted by molar-refractivity contribution is 7.99. The van der Waals surface area contributed by atoms with E-state index in [4.69, 9.17) is 16.1 Å². The van der Waals surface area contributed by atoms with E-state index in [0.29, 0.717) is 36.4 Å². The number of nitrogens with one attached hydrogen (secondary N) is 1. The van der Waals surface area contributed by atoms with Gasteiger partial charge in [-0.25, -0.2) is 0 Å². The third kappa shape index (κ3) is 6.12. The van der Waals surface area contributed by atoms with Gasteiger partial charge in [-0.3, -0.25) is 9.69 Å². The molecule has 2 heterocycles. The molecule has 0 bridgehead atoms. The van der Waals surface area contributed by atoms with Gasteiger partial charge in [-0.1, -0.05) is 46.6 Å². The number of piperidine rings is 1. The van der Waals surface area contributed by atoms with E-state index in [1.54, 1.807) is 17.8 Å². The van der Waals surface area contributed by atoms with Gasteiger partial charge in [-0.2, -0.15) is 4.98 Å². The van der Waals surface area contributed by atoms with Gasteiger partial charge in [-0.15, -0.1) is 11.8 Å². The van der Waals surface area contributed by atoms with E-state index in [1.165, 1.54) is 10.5 Å². The summed E-state index contributed by atoms with van der Waals surface area (Å²) in [6.45, 7) is 4.89. The summed E-state index contributed by atoms with van der Waals surface area (Å²) in [6.07, 6.45) is 1.88. The zero-order valence-electron chi connectivity index (χ0n) is 18.1. The number of rotatable bonds is 8. The summed E-state index contributed by atoms with van der Waals surface area (Å²) < 4.78 is 5.44. The molecule has 1 N–H and O–H groups in total. The molecule has 168 valence electrons. The van der Waals surface area contributed by atoms with Crippen LogP contribution in [-0.2, 0) is 11.3 Å². The van der Waals surface area contributed by atoms with E-state index < -0.39 is 0 Å². The maximum absolute atomic E-state index is 12.7. The molecule has 2 aromatic carbocycles. The minimum atomic E-state index is -0.0147. The normalized spacial score (nSPS) is 16.8. The van der Waals surface area contributed by atoms with Crippen LogP contribution in [0, 0.1) is 12.8 Å². The second kappa shape index (κ2) is 11.0. The molecular weight excluding hydrogens is 444 g/mol. The largest absolute Gasteiger partial charge is 0.355 e. The van der Waals surface area contributed by atoms with Crippen molar-refractivity contribution < 1.29 is 9.32 Å². The third-order valence-corrected chi connectivity index (χ3v) is 6.85. The quantitative estimate of drug-likeness (QED) is 0.376. The van der Waals surface area contributed by atoms with E-state index in [1.807, 2.05) is 18.2 Å². The Morgan fingerprint density at radius 1 is 1.25 bits per heavy atom. The van der Waals surface area contributed by atoms with E-state index in [2.05, 4.69) is 51.5 Å². The van der Waals surface area contributed by atoms with Gasteiger partial charge in [0.15, 0.2) is 0 Å². The summed E-state index contributed by atoms with van der Waals surface area (Å²) in [4.78, 5) is 20.6. The maximum atomic E-state index is 12.7. The Morgan fingerprint density at radius 3 is 2.88 bits per heavy atom. The third-order valence-electron chi connectivity index (χ3n) is 5.51. The van der Waals surface area contributed by atoms with Gasteiger partial charge in [-0.05, 0) is 50.6 Å². The van der Waals surface area contributed by atoms with Crippen LogP contribution in [0.5, 0.6) is 0 Å². The summed E-state index contributed by atoms with van der Waals surface area (Å²) in [7, 11) is 0. The van der Waals surface area contributed by atoms with E-state index in [-0.39, 0.29) is 11.8 Å². The van der Waals surface area contributed by atoms with Crippen molar-refractivity contribution in [1.82, 2.24) is 20.4 Å². The van der Waals surface area contributed by atoms with Gasteiger partial charge in [0.05, 0.1) is 17.5 Å². The Morgan fingerprint density at radius 2 is 2.06 bits per heavy atom. The molecule has 32 heavy (non-hydrogen) atoms. The number of nitrogens with zero attached hydrogens (tertiary/aromatic N) is 3. The average molecular weight is 471 g/mol. The Labute approximate surface area is 197 Å². The summed E-state index contributed by atoms with van der Waals surface area (Å²) in [5.41, 5.74) is 2.01. The minimum Gasteiger partial charge on any atom is -0.355 e. The molecule has 1 aromatic heterocycles. The van der Waals surface area contributed by atoms with Gasteiger partial charge < -0.3 is 9.84 Å². The van der Waals surface area contributed by atoms with Gasteiger partial charge >= 0.3 is 0 Å². The number of likely N-dealkylation sites (tertiary alicyclic amines) is 1. The van der Waals surface area contributed by atoms with Crippen molar-refractivity contribution in [2.75, 3.05) is 25.4 Å². The van der Waals surface area contributed by atoms with Crippen LogP contribution in [0.2, 0.25) is 5.02 Å². The molecule has 0 radical (unpaired) electrons. The molecule has 1 fully saturated rings. The van der Waals surface area contributed by atoms with Crippen molar-refractivity contribution in [3.63, 3.8) is 0 Å². The van der Waals surface area contributed by atoms with Crippen molar-refractivity contribution in [2.24, 2.45) is 5.92 Å². The summed E-state index contributed by atoms with van der Waals surface area (Å²) >= 11 is 7.99. The number of thioether (sulfide) groups is 1. The molecule has 3 aromatic rings. The van der Waals surface area contributed by atoms with Crippen molar-refractivity contribution >= 4 is 29.3 Å². The first-order valence-corrected chi connectivity index (χ1v) is 12.2. The number of aromatic nitrogens is 2. The fourth-order valence-corrected chi connectivity index (χ4v) is 4.79. The summed E-state index contributed by atoms with van der Waals surface area (Å²) in [5.74, 6) is 2.00. The molecule has 1 atom stereocenters. The van der Waals surface area contributed by atoms with Crippen molar-refractivity contribution in [3.8, 4) is 11.4 Å². The van der Waals surface area contributed by atoms with Crippen LogP contribution in [0.15, 0.2) is 57.9 Å². The van der Waals surface area contributed by atoms with Crippen molar-refractivity contribution in [1.29, 1.82) is 0 Å². The molecule has 8 heteroatoms. The zero-order chi connectivity index (χ0) is 22.3. The molecule has 1 aliphatic heterocycles. The molecular formula is C24H27ClN4O2S. The SMILES string of the molecule is Cc1ccc(SCCNC(=O)C2CCCN(Cc3nc(-c4ccccc4Cl)no3)C2)cc1. The average Bonchev–Trinajstić information content (AvgIpc) is 3.26. The topological polar surface area (TPSA) is 71.3 Å². The number of carbonyl (C=O) groups is 1. The lowest BCUT2D eigenvalue weighted by atomic mass is 9.97. The van der Waals surface area contributed by atoms with Crippen LogP contribution >= 0.6 is 23.4 Å². The molecule has 1 saturated heterocycles. The number of hydrogen-bond acceptors (Lipinski definition) is 6. The van der Waals surface area contributed by atoms with E-state index in [9.17, 15) is 4.79 Å². The first-order chi connectivity index (χ1) is 15.6. The first kappa shape index (κ1) is 22.8. The highest BCUT2D eigenvalue weighted by atomic mass is 35.5. The summed E-state index contributed by atoms with van der Waals surface area (Å²) in [6, 6.07) is 15.9. The predicted octanol–water partition coefficient (Wildman–Crippen LogP) is 4.82. The van der Waals surface area contributed by atoms with Gasteiger partial charge in [0.25, 0.3) is 0 Å². The molecule has 4 rings (SSSR count). The number of halogens is 1. The fourth-order valence-electron chi connectivity index (χ4n) is 3.80. The molecule has 0 aliphatic carbocycles.